The second-order valence-electron chi connectivity index (χ2n) is 3.26. The molecule has 1 heterocycles. The predicted octanol–water partition coefficient (Wildman–Crippen LogP) is 3.16. The lowest BCUT2D eigenvalue weighted by molar-refractivity contribution is 1.11. The Kier molecular flexibility index (Phi) is 2.52. The molecule has 0 N–H and O–H groups in total. The van der Waals surface area contributed by atoms with E-state index in [0.717, 1.165) is 16.6 Å². The molecule has 0 unspecified atom stereocenters. The molecule has 0 amide bonds. The topological polar surface area (TPSA) is 25.8 Å². The lowest BCUT2D eigenvalue weighted by atomic mass is 10.1. The number of halogens is 1. The monoisotopic (exact) mass is 216 g/mol. The normalized spacial score (nSPS) is 10.1. The smallest absolute Gasteiger partial charge is 0.102 e. The van der Waals surface area contributed by atoms with Crippen molar-refractivity contribution in [1.29, 1.82) is 0 Å². The van der Waals surface area contributed by atoms with Crippen molar-refractivity contribution in [2.24, 2.45) is 0 Å². The minimum absolute atomic E-state index is 0. The molecular formula is C12H9ClN2. The summed E-state index contributed by atoms with van der Waals surface area (Å²) in [5.74, 6) is 0. The Morgan fingerprint density at radius 2 is 1.67 bits per heavy atom. The Balaban J connectivity index is 0.000000853. The van der Waals surface area contributed by atoms with Gasteiger partial charge < -0.3 is 0 Å². The first-order chi connectivity index (χ1) is 6.95. The van der Waals surface area contributed by atoms with Gasteiger partial charge in [-0.25, -0.2) is 0 Å². The average molecular weight is 217 g/mol. The molecule has 3 heteroatoms. The van der Waals surface area contributed by atoms with Gasteiger partial charge in [0.15, 0.2) is 0 Å². The van der Waals surface area contributed by atoms with Crippen molar-refractivity contribution >= 4 is 23.2 Å². The zero-order chi connectivity index (χ0) is 9.38. The summed E-state index contributed by atoms with van der Waals surface area (Å²) in [7, 11) is 0. The van der Waals surface area contributed by atoms with Crippen molar-refractivity contribution in [3.63, 3.8) is 0 Å². The largest absolute Gasteiger partial charge is 0.158 e. The van der Waals surface area contributed by atoms with Crippen LogP contribution in [-0.4, -0.2) is 10.2 Å². The molecule has 0 aromatic heterocycles. The van der Waals surface area contributed by atoms with E-state index in [2.05, 4.69) is 28.4 Å². The van der Waals surface area contributed by atoms with Crippen LogP contribution in [0.2, 0.25) is 0 Å². The van der Waals surface area contributed by atoms with Gasteiger partial charge in [-0.2, -0.15) is 5.10 Å². The number of rotatable bonds is 0. The molecule has 1 aliphatic heterocycles. The van der Waals surface area contributed by atoms with Gasteiger partial charge in [0.25, 0.3) is 0 Å². The highest BCUT2D eigenvalue weighted by molar-refractivity contribution is 5.94. The molecule has 0 saturated carbocycles. The fourth-order valence-corrected chi connectivity index (χ4v) is 1.71. The molecule has 2 aliphatic rings. The van der Waals surface area contributed by atoms with Crippen LogP contribution >= 0.6 is 12.4 Å². The van der Waals surface area contributed by atoms with E-state index in [4.69, 9.17) is 0 Å². The van der Waals surface area contributed by atoms with E-state index < -0.39 is 0 Å². The molecule has 0 radical (unpaired) electrons. The van der Waals surface area contributed by atoms with Crippen LogP contribution in [-0.2, 0) is 0 Å². The van der Waals surface area contributed by atoms with Gasteiger partial charge in [-0.15, -0.1) is 17.5 Å². The number of nitrogens with zero attached hydrogens (tertiary/aromatic N) is 2. The van der Waals surface area contributed by atoms with Gasteiger partial charge in [-0.1, -0.05) is 42.5 Å². The Hall–Kier alpha value is -1.67. The van der Waals surface area contributed by atoms with Crippen LogP contribution in [0.1, 0.15) is 0 Å². The van der Waals surface area contributed by atoms with Gasteiger partial charge in [-0.05, 0) is 5.39 Å². The molecule has 1 aliphatic carbocycles. The predicted molar refractivity (Wildman–Crippen MR) is 63.4 cm³/mol. The van der Waals surface area contributed by atoms with Gasteiger partial charge in [0, 0.05) is 10.9 Å². The van der Waals surface area contributed by atoms with Crippen molar-refractivity contribution in [2.75, 3.05) is 0 Å². The van der Waals surface area contributed by atoms with E-state index in [1.807, 2.05) is 24.3 Å². The Labute approximate surface area is 93.7 Å². The number of benzene rings is 1. The molecule has 0 fully saturated rings. The molecule has 15 heavy (non-hydrogen) atoms. The van der Waals surface area contributed by atoms with Crippen LogP contribution in [0.25, 0.3) is 22.0 Å². The summed E-state index contributed by atoms with van der Waals surface area (Å²) >= 11 is 0. The standard InChI is InChI=1S/C12H8N2.ClH/c1-2-7-11-9(4-1)5-3-6-10-8-13-14-12(10)11;/h1-8H;1H. The van der Waals surface area contributed by atoms with Gasteiger partial charge in [0.05, 0.1) is 6.20 Å². The number of hydrogen-bond acceptors (Lipinski definition) is 2. The quantitative estimate of drug-likeness (QED) is 0.577. The summed E-state index contributed by atoms with van der Waals surface area (Å²) in [6, 6.07) is 14.4. The molecule has 0 saturated heterocycles. The maximum Gasteiger partial charge on any atom is 0.102 e. The molecule has 0 spiro atoms. The van der Waals surface area contributed by atoms with Crippen molar-refractivity contribution in [1.82, 2.24) is 10.2 Å². The van der Waals surface area contributed by atoms with Gasteiger partial charge in [-0.3, -0.25) is 0 Å². The number of fused-ring (bicyclic) bond motifs is 3. The van der Waals surface area contributed by atoms with Crippen LogP contribution in [0.3, 0.4) is 0 Å². The highest BCUT2D eigenvalue weighted by Crippen LogP contribution is 2.26. The second kappa shape index (κ2) is 3.83. The van der Waals surface area contributed by atoms with E-state index in [9.17, 15) is 0 Å². The van der Waals surface area contributed by atoms with E-state index in [-0.39, 0.29) is 12.4 Å². The van der Waals surface area contributed by atoms with Gasteiger partial charge in [0.1, 0.15) is 5.69 Å². The molecule has 3 rings (SSSR count). The Bertz CT molecular complexity index is 565. The molecule has 2 nitrogen and oxygen atoms in total. The first-order valence-corrected chi connectivity index (χ1v) is 4.54. The van der Waals surface area contributed by atoms with E-state index >= 15 is 0 Å². The third-order valence-corrected chi connectivity index (χ3v) is 2.40. The Morgan fingerprint density at radius 3 is 2.60 bits per heavy atom. The summed E-state index contributed by atoms with van der Waals surface area (Å²) < 4.78 is 0. The summed E-state index contributed by atoms with van der Waals surface area (Å²) in [5.41, 5.74) is 2.07. The number of aromatic nitrogens is 2. The second-order valence-corrected chi connectivity index (χ2v) is 3.26. The maximum atomic E-state index is 4.14. The van der Waals surface area contributed by atoms with Crippen LogP contribution in [0, 0.1) is 0 Å². The summed E-state index contributed by atoms with van der Waals surface area (Å²) in [5, 5.41) is 10.4. The summed E-state index contributed by atoms with van der Waals surface area (Å²) in [6.07, 6.45) is 1.79. The zero-order valence-electron chi connectivity index (χ0n) is 7.92. The maximum absolute atomic E-state index is 4.14. The van der Waals surface area contributed by atoms with Crippen molar-refractivity contribution in [3.8, 4) is 11.3 Å². The summed E-state index contributed by atoms with van der Waals surface area (Å²) in [4.78, 5) is 0. The fourth-order valence-electron chi connectivity index (χ4n) is 1.71. The van der Waals surface area contributed by atoms with E-state index in [0.29, 0.717) is 0 Å². The third kappa shape index (κ3) is 1.53. The molecule has 1 aromatic carbocycles. The van der Waals surface area contributed by atoms with Crippen molar-refractivity contribution in [3.05, 3.63) is 48.7 Å². The SMILES string of the molecule is Cl.c1ccc2c3nncc-3cccc2c1. The minimum atomic E-state index is 0. The first kappa shape index (κ1) is 9.87. The Morgan fingerprint density at radius 1 is 0.867 bits per heavy atom. The minimum Gasteiger partial charge on any atom is -0.158 e. The summed E-state index contributed by atoms with van der Waals surface area (Å²) in [6.45, 7) is 0. The molecular weight excluding hydrogens is 208 g/mol. The zero-order valence-corrected chi connectivity index (χ0v) is 8.74. The third-order valence-electron chi connectivity index (χ3n) is 2.40. The van der Waals surface area contributed by atoms with Gasteiger partial charge in [0.2, 0.25) is 0 Å². The highest BCUT2D eigenvalue weighted by Gasteiger charge is 2.06. The van der Waals surface area contributed by atoms with Crippen LogP contribution in [0.15, 0.2) is 48.7 Å². The lowest BCUT2D eigenvalue weighted by Crippen LogP contribution is -1.74. The lowest BCUT2D eigenvalue weighted by Gasteiger charge is -1.93. The van der Waals surface area contributed by atoms with Crippen LogP contribution in [0.4, 0.5) is 0 Å². The molecule has 0 atom stereocenters. The van der Waals surface area contributed by atoms with Crippen LogP contribution in [0.5, 0.6) is 0 Å². The molecule has 0 bridgehead atoms. The number of hydrogen-bond donors (Lipinski definition) is 0. The van der Waals surface area contributed by atoms with E-state index in [1.165, 1.54) is 5.39 Å². The molecule has 1 aromatic rings. The van der Waals surface area contributed by atoms with Gasteiger partial charge >= 0.3 is 0 Å². The highest BCUT2D eigenvalue weighted by atomic mass is 35.5. The van der Waals surface area contributed by atoms with Crippen LogP contribution < -0.4 is 0 Å². The van der Waals surface area contributed by atoms with E-state index in [1.54, 1.807) is 6.20 Å². The fraction of sp³-hybridized carbons (Fsp3) is 0. The van der Waals surface area contributed by atoms with Crippen molar-refractivity contribution in [2.45, 2.75) is 0 Å². The average Bonchev–Trinajstić information content (AvgIpc) is 2.61. The van der Waals surface area contributed by atoms with Crippen molar-refractivity contribution < 1.29 is 0 Å². The molecule has 74 valence electrons. The first-order valence-electron chi connectivity index (χ1n) is 4.54.